The van der Waals surface area contributed by atoms with Crippen molar-refractivity contribution >= 4 is 33.8 Å². The molecule has 210 valence electrons. The Morgan fingerprint density at radius 2 is 1.68 bits per heavy atom. The van der Waals surface area contributed by atoms with Gasteiger partial charge < -0.3 is 20.3 Å². The zero-order valence-electron chi connectivity index (χ0n) is 22.6. The average Bonchev–Trinajstić information content (AvgIpc) is 3.28. The van der Waals surface area contributed by atoms with Crippen molar-refractivity contribution in [3.63, 3.8) is 0 Å². The third kappa shape index (κ3) is 6.83. The topological polar surface area (TPSA) is 151 Å². The number of benzene rings is 1. The Labute approximate surface area is 224 Å². The summed E-state index contributed by atoms with van der Waals surface area (Å²) < 4.78 is 32.8. The van der Waals surface area contributed by atoms with Crippen molar-refractivity contribution < 1.29 is 32.3 Å². The summed E-state index contributed by atoms with van der Waals surface area (Å²) in [6.45, 7) is 9.04. The molecule has 0 spiro atoms. The van der Waals surface area contributed by atoms with Crippen molar-refractivity contribution in [1.82, 2.24) is 20.3 Å². The maximum Gasteiger partial charge on any atom is 0.408 e. The minimum absolute atomic E-state index is 0.0565. The molecule has 0 bridgehead atoms. The van der Waals surface area contributed by atoms with Crippen LogP contribution in [0.4, 0.5) is 4.79 Å². The van der Waals surface area contributed by atoms with Crippen molar-refractivity contribution in [2.45, 2.75) is 94.8 Å². The molecule has 3 N–H and O–H groups in total. The molecule has 4 amide bonds. The lowest BCUT2D eigenvalue weighted by molar-refractivity contribution is -0.144. The summed E-state index contributed by atoms with van der Waals surface area (Å²) in [7, 11) is -4.11. The van der Waals surface area contributed by atoms with Gasteiger partial charge in [0.2, 0.25) is 11.8 Å². The summed E-state index contributed by atoms with van der Waals surface area (Å²) in [4.78, 5) is 53.6. The second kappa shape index (κ2) is 11.3. The molecule has 1 aromatic carbocycles. The van der Waals surface area contributed by atoms with Gasteiger partial charge in [0.05, 0.1) is 4.90 Å². The molecule has 1 aromatic rings. The summed E-state index contributed by atoms with van der Waals surface area (Å²) in [5.74, 6) is -2.01. The molecule has 2 aliphatic rings. The number of nitrogens with one attached hydrogen (secondary N) is 3. The van der Waals surface area contributed by atoms with Gasteiger partial charge in [0.1, 0.15) is 23.2 Å². The van der Waals surface area contributed by atoms with E-state index in [9.17, 15) is 27.6 Å². The molecular formula is C26H38N4O7S. The number of carbonyl (C=O) groups is 4. The van der Waals surface area contributed by atoms with Gasteiger partial charge in [-0.15, -0.1) is 0 Å². The Morgan fingerprint density at radius 1 is 1.05 bits per heavy atom. The van der Waals surface area contributed by atoms with E-state index in [1.807, 2.05) is 0 Å². The number of rotatable bonds is 8. The summed E-state index contributed by atoms with van der Waals surface area (Å²) in [5, 5.41) is 5.37. The van der Waals surface area contributed by atoms with Crippen molar-refractivity contribution in [2.24, 2.45) is 5.92 Å². The van der Waals surface area contributed by atoms with Crippen LogP contribution in [-0.2, 0) is 29.1 Å². The van der Waals surface area contributed by atoms with Gasteiger partial charge in [-0.1, -0.05) is 32.0 Å². The maximum atomic E-state index is 13.4. The molecule has 2 atom stereocenters. The van der Waals surface area contributed by atoms with Gasteiger partial charge in [0.25, 0.3) is 15.9 Å². The fraction of sp³-hybridized carbons (Fsp3) is 0.615. The zero-order chi connectivity index (χ0) is 28.3. The van der Waals surface area contributed by atoms with E-state index in [2.05, 4.69) is 15.4 Å². The Kier molecular flexibility index (Phi) is 8.75. The highest BCUT2D eigenvalue weighted by Gasteiger charge is 2.49. The highest BCUT2D eigenvalue weighted by Crippen LogP contribution is 2.33. The van der Waals surface area contributed by atoms with Crippen LogP contribution < -0.4 is 15.4 Å². The SMILES string of the molecule is CC(C)[C@H](NC(=O)OC(C)(C)C)C(=O)N1CCC[C@H]1C(=O)NC1(C(=O)NS(=O)(=O)c2ccccc2)CCC1. The lowest BCUT2D eigenvalue weighted by Crippen LogP contribution is -2.66. The number of amides is 4. The van der Waals surface area contributed by atoms with Gasteiger partial charge in [-0.05, 0) is 70.9 Å². The Hall–Kier alpha value is -3.15. The number of carbonyl (C=O) groups excluding carboxylic acids is 4. The first-order valence-electron chi connectivity index (χ1n) is 12.9. The van der Waals surface area contributed by atoms with E-state index in [1.165, 1.54) is 17.0 Å². The number of hydrogen-bond donors (Lipinski definition) is 3. The second-order valence-corrected chi connectivity index (χ2v) is 12.9. The normalized spacial score (nSPS) is 19.7. The Morgan fingerprint density at radius 3 is 2.21 bits per heavy atom. The number of sulfonamides is 1. The predicted octanol–water partition coefficient (Wildman–Crippen LogP) is 2.07. The number of nitrogens with zero attached hydrogens (tertiary/aromatic N) is 1. The third-order valence-electron chi connectivity index (χ3n) is 6.73. The van der Waals surface area contributed by atoms with Gasteiger partial charge in [0.15, 0.2) is 0 Å². The maximum absolute atomic E-state index is 13.4. The van der Waals surface area contributed by atoms with Crippen molar-refractivity contribution in [3.8, 4) is 0 Å². The fourth-order valence-electron chi connectivity index (χ4n) is 4.57. The van der Waals surface area contributed by atoms with Crippen molar-refractivity contribution in [1.29, 1.82) is 0 Å². The van der Waals surface area contributed by atoms with Gasteiger partial charge in [-0.25, -0.2) is 17.9 Å². The standard InChI is InChI=1S/C26H38N4O7S/c1-17(2)20(27-24(34)37-25(3,4)5)22(32)30-16-9-13-19(30)21(31)28-26(14-10-15-26)23(33)29-38(35,36)18-11-7-6-8-12-18/h6-8,11-12,17,19-20H,9-10,13-16H2,1-5H3,(H,27,34)(H,28,31)(H,29,33)/t19-,20-/m0/s1. The predicted molar refractivity (Wildman–Crippen MR) is 139 cm³/mol. The molecule has 3 rings (SSSR count). The van der Waals surface area contributed by atoms with Gasteiger partial charge in [-0.2, -0.15) is 0 Å². The Balaban J connectivity index is 1.71. The molecule has 1 saturated carbocycles. The largest absolute Gasteiger partial charge is 0.444 e. The van der Waals surface area contributed by atoms with Crippen LogP contribution in [-0.4, -0.2) is 66.9 Å². The summed E-state index contributed by atoms with van der Waals surface area (Å²) >= 11 is 0. The zero-order valence-corrected chi connectivity index (χ0v) is 23.4. The highest BCUT2D eigenvalue weighted by molar-refractivity contribution is 7.90. The van der Waals surface area contributed by atoms with Crippen LogP contribution in [0.3, 0.4) is 0 Å². The lowest BCUT2D eigenvalue weighted by atomic mass is 9.76. The molecular weight excluding hydrogens is 512 g/mol. The van der Waals surface area contributed by atoms with Crippen LogP contribution >= 0.6 is 0 Å². The number of hydrogen-bond acceptors (Lipinski definition) is 7. The van der Waals surface area contributed by atoms with E-state index >= 15 is 0 Å². The molecule has 0 aromatic heterocycles. The van der Waals surface area contributed by atoms with Crippen LogP contribution in [0.15, 0.2) is 35.2 Å². The quantitative estimate of drug-likeness (QED) is 0.448. The van der Waals surface area contributed by atoms with Gasteiger partial charge in [0, 0.05) is 6.54 Å². The molecule has 2 fully saturated rings. The molecule has 1 aliphatic heterocycles. The van der Waals surface area contributed by atoms with E-state index in [1.54, 1.807) is 52.8 Å². The van der Waals surface area contributed by atoms with Gasteiger partial charge >= 0.3 is 6.09 Å². The molecule has 0 unspecified atom stereocenters. The second-order valence-electron chi connectivity index (χ2n) is 11.2. The van der Waals surface area contributed by atoms with Crippen LogP contribution in [0, 0.1) is 5.92 Å². The van der Waals surface area contributed by atoms with Crippen LogP contribution in [0.25, 0.3) is 0 Å². The van der Waals surface area contributed by atoms with Crippen LogP contribution in [0.1, 0.15) is 66.7 Å². The van der Waals surface area contributed by atoms with Crippen LogP contribution in [0.5, 0.6) is 0 Å². The number of ether oxygens (including phenoxy) is 1. The Bertz CT molecular complexity index is 1160. The fourth-order valence-corrected chi connectivity index (χ4v) is 5.64. The highest BCUT2D eigenvalue weighted by atomic mass is 32.2. The minimum atomic E-state index is -4.11. The molecule has 1 aliphatic carbocycles. The first kappa shape index (κ1) is 29.4. The van der Waals surface area contributed by atoms with Crippen LogP contribution in [0.2, 0.25) is 0 Å². The average molecular weight is 551 g/mol. The van der Waals surface area contributed by atoms with Gasteiger partial charge in [-0.3, -0.25) is 14.4 Å². The molecule has 1 heterocycles. The van der Waals surface area contributed by atoms with E-state index in [-0.39, 0.29) is 23.7 Å². The van der Waals surface area contributed by atoms with E-state index in [0.717, 1.165) is 0 Å². The monoisotopic (exact) mass is 550 g/mol. The van der Waals surface area contributed by atoms with Crippen molar-refractivity contribution in [2.75, 3.05) is 6.54 Å². The third-order valence-corrected chi connectivity index (χ3v) is 8.08. The first-order valence-corrected chi connectivity index (χ1v) is 14.4. The molecule has 1 saturated heterocycles. The first-order chi connectivity index (χ1) is 17.7. The lowest BCUT2D eigenvalue weighted by Gasteiger charge is -2.42. The van der Waals surface area contributed by atoms with Crippen molar-refractivity contribution in [3.05, 3.63) is 30.3 Å². The van der Waals surface area contributed by atoms with E-state index in [0.29, 0.717) is 25.8 Å². The summed E-state index contributed by atoms with van der Waals surface area (Å²) in [6, 6.07) is 5.76. The smallest absolute Gasteiger partial charge is 0.408 e. The minimum Gasteiger partial charge on any atom is -0.444 e. The number of likely N-dealkylation sites (tertiary alicyclic amines) is 1. The summed E-state index contributed by atoms with van der Waals surface area (Å²) in [6.07, 6.45) is 1.43. The summed E-state index contributed by atoms with van der Waals surface area (Å²) in [5.41, 5.74) is -2.11. The number of alkyl carbamates (subject to hydrolysis) is 1. The van der Waals surface area contributed by atoms with E-state index < -0.39 is 57.1 Å². The van der Waals surface area contributed by atoms with E-state index in [4.69, 9.17) is 4.74 Å². The molecule has 12 heteroatoms. The molecule has 11 nitrogen and oxygen atoms in total. The molecule has 38 heavy (non-hydrogen) atoms. The molecule has 0 radical (unpaired) electrons.